The molecule has 1 aromatic rings. The highest BCUT2D eigenvalue weighted by Gasteiger charge is 2.28. The number of anilines is 2. The number of hydrogen-bond acceptors (Lipinski definition) is 5. The second-order valence-corrected chi connectivity index (χ2v) is 5.01. The molecule has 1 amide bonds. The Labute approximate surface area is 122 Å². The zero-order valence-electron chi connectivity index (χ0n) is 11.6. The van der Waals surface area contributed by atoms with Crippen LogP contribution >= 0.6 is 0 Å². The first-order valence-electron chi connectivity index (χ1n) is 6.90. The summed E-state index contributed by atoms with van der Waals surface area (Å²) in [5.74, 6) is -0.0329. The lowest BCUT2D eigenvalue weighted by atomic mass is 10.2. The molecular formula is C14H18N4O3. The molecule has 3 N–H and O–H groups in total. The molecule has 2 aliphatic rings. The van der Waals surface area contributed by atoms with Crippen LogP contribution in [0.1, 0.15) is 0 Å². The van der Waals surface area contributed by atoms with Crippen molar-refractivity contribution in [2.24, 2.45) is 5.73 Å². The Hall–Kier alpha value is -2.12. The number of amidine groups is 1. The van der Waals surface area contributed by atoms with Crippen molar-refractivity contribution in [2.45, 2.75) is 6.10 Å². The van der Waals surface area contributed by atoms with Crippen molar-refractivity contribution in [3.63, 3.8) is 0 Å². The number of amides is 1. The van der Waals surface area contributed by atoms with Gasteiger partial charge in [0.2, 0.25) is 0 Å². The molecule has 1 aromatic carbocycles. The largest absolute Gasteiger partial charge is 0.458 e. The Morgan fingerprint density at radius 3 is 2.48 bits per heavy atom. The molecule has 0 aliphatic carbocycles. The van der Waals surface area contributed by atoms with Gasteiger partial charge in [-0.05, 0) is 24.3 Å². The van der Waals surface area contributed by atoms with Gasteiger partial charge >= 0.3 is 0 Å². The number of nitrogens with zero attached hydrogens (tertiary/aromatic N) is 2. The first-order valence-corrected chi connectivity index (χ1v) is 6.90. The van der Waals surface area contributed by atoms with Gasteiger partial charge in [-0.2, -0.15) is 0 Å². The third kappa shape index (κ3) is 2.70. The van der Waals surface area contributed by atoms with Crippen LogP contribution in [0.3, 0.4) is 0 Å². The Morgan fingerprint density at radius 2 is 1.90 bits per heavy atom. The number of carbonyl (C=O) groups is 1. The number of rotatable bonds is 3. The van der Waals surface area contributed by atoms with Crippen LogP contribution in [-0.4, -0.2) is 50.9 Å². The molecule has 7 nitrogen and oxygen atoms in total. The average molecular weight is 290 g/mol. The summed E-state index contributed by atoms with van der Waals surface area (Å²) >= 11 is 0. The van der Waals surface area contributed by atoms with Crippen LogP contribution in [0.4, 0.5) is 11.4 Å². The summed E-state index contributed by atoms with van der Waals surface area (Å²) in [4.78, 5) is 15.3. The minimum Gasteiger partial charge on any atom is -0.458 e. The highest BCUT2D eigenvalue weighted by molar-refractivity contribution is 5.96. The van der Waals surface area contributed by atoms with Gasteiger partial charge in [-0.15, -0.1) is 0 Å². The first kappa shape index (κ1) is 13.8. The van der Waals surface area contributed by atoms with E-state index in [1.165, 1.54) is 0 Å². The maximum absolute atomic E-state index is 11.8. The van der Waals surface area contributed by atoms with Crippen molar-refractivity contribution in [1.29, 1.82) is 5.41 Å². The lowest BCUT2D eigenvalue weighted by Gasteiger charge is -2.27. The lowest BCUT2D eigenvalue weighted by Crippen LogP contribution is -2.41. The van der Waals surface area contributed by atoms with E-state index in [0.717, 1.165) is 11.4 Å². The zero-order chi connectivity index (χ0) is 14.8. The Balaban J connectivity index is 1.75. The van der Waals surface area contributed by atoms with E-state index in [0.29, 0.717) is 26.2 Å². The predicted molar refractivity (Wildman–Crippen MR) is 78.6 cm³/mol. The van der Waals surface area contributed by atoms with Gasteiger partial charge in [-0.1, -0.05) is 0 Å². The maximum atomic E-state index is 11.8. The van der Waals surface area contributed by atoms with E-state index in [-0.39, 0.29) is 24.6 Å². The minimum absolute atomic E-state index is 0.0329. The van der Waals surface area contributed by atoms with Gasteiger partial charge in [0.05, 0.1) is 13.2 Å². The third-order valence-corrected chi connectivity index (χ3v) is 3.63. The summed E-state index contributed by atoms with van der Waals surface area (Å²) in [6.07, 6.45) is -0.141. The van der Waals surface area contributed by atoms with Gasteiger partial charge in [-0.25, -0.2) is 0 Å². The van der Waals surface area contributed by atoms with Crippen LogP contribution < -0.4 is 15.5 Å². The second kappa shape index (κ2) is 5.71. The molecule has 0 aromatic heterocycles. The van der Waals surface area contributed by atoms with Gasteiger partial charge in [0, 0.05) is 24.5 Å². The molecule has 112 valence electrons. The highest BCUT2D eigenvalue weighted by Crippen LogP contribution is 2.25. The standard InChI is InChI=1S/C14H18N4O3/c15-7-12-8-18(14(16)21-12)11-3-1-10(2-4-11)17-5-6-20-9-13(17)19/h1-4,12,16H,5-9,15H2. The zero-order valence-corrected chi connectivity index (χ0v) is 11.6. The molecule has 2 heterocycles. The Kier molecular flexibility index (Phi) is 3.76. The van der Waals surface area contributed by atoms with Crippen LogP contribution in [0.2, 0.25) is 0 Å². The molecule has 3 rings (SSSR count). The number of hydrogen-bond donors (Lipinski definition) is 2. The van der Waals surface area contributed by atoms with Crippen molar-refractivity contribution in [2.75, 3.05) is 42.6 Å². The Bertz CT molecular complexity index is 546. The normalized spacial score (nSPS) is 22.6. The van der Waals surface area contributed by atoms with Gasteiger partial charge in [-0.3, -0.25) is 15.1 Å². The maximum Gasteiger partial charge on any atom is 0.289 e. The molecule has 2 saturated heterocycles. The third-order valence-electron chi connectivity index (χ3n) is 3.63. The van der Waals surface area contributed by atoms with Gasteiger partial charge in [0.1, 0.15) is 12.7 Å². The first-order chi connectivity index (χ1) is 10.2. The molecule has 1 atom stereocenters. The predicted octanol–water partition coefficient (Wildman–Crippen LogP) is 0.148. The molecule has 0 spiro atoms. The topological polar surface area (TPSA) is 91.9 Å². The molecule has 2 fully saturated rings. The monoisotopic (exact) mass is 290 g/mol. The van der Waals surface area contributed by atoms with Gasteiger partial charge in [0.15, 0.2) is 0 Å². The summed E-state index contributed by atoms with van der Waals surface area (Å²) < 4.78 is 10.5. The van der Waals surface area contributed by atoms with Crippen LogP contribution in [0, 0.1) is 5.41 Å². The van der Waals surface area contributed by atoms with Crippen molar-refractivity contribution in [3.05, 3.63) is 24.3 Å². The quantitative estimate of drug-likeness (QED) is 0.826. The fraction of sp³-hybridized carbons (Fsp3) is 0.429. The van der Waals surface area contributed by atoms with Crippen molar-refractivity contribution >= 4 is 23.3 Å². The minimum atomic E-state index is -0.141. The van der Waals surface area contributed by atoms with Crippen LogP contribution in [0.15, 0.2) is 24.3 Å². The summed E-state index contributed by atoms with van der Waals surface area (Å²) in [6, 6.07) is 7.63. The molecule has 7 heteroatoms. The summed E-state index contributed by atoms with van der Waals surface area (Å²) in [5.41, 5.74) is 7.27. The van der Waals surface area contributed by atoms with E-state index in [9.17, 15) is 4.79 Å². The molecular weight excluding hydrogens is 272 g/mol. The smallest absolute Gasteiger partial charge is 0.289 e. The molecule has 2 aliphatic heterocycles. The Morgan fingerprint density at radius 1 is 1.24 bits per heavy atom. The number of nitrogens with one attached hydrogen (secondary N) is 1. The van der Waals surface area contributed by atoms with Crippen molar-refractivity contribution in [3.8, 4) is 0 Å². The van der Waals surface area contributed by atoms with E-state index in [4.69, 9.17) is 20.6 Å². The highest BCUT2D eigenvalue weighted by atomic mass is 16.5. The van der Waals surface area contributed by atoms with E-state index >= 15 is 0 Å². The summed E-state index contributed by atoms with van der Waals surface area (Å²) in [7, 11) is 0. The second-order valence-electron chi connectivity index (χ2n) is 5.01. The number of ether oxygens (including phenoxy) is 2. The molecule has 1 unspecified atom stereocenters. The van der Waals surface area contributed by atoms with Crippen LogP contribution in [0.5, 0.6) is 0 Å². The number of nitrogens with two attached hydrogens (primary N) is 1. The number of carbonyl (C=O) groups excluding carboxylic acids is 1. The van der Waals surface area contributed by atoms with Gasteiger partial charge < -0.3 is 20.1 Å². The van der Waals surface area contributed by atoms with E-state index in [1.807, 2.05) is 24.3 Å². The van der Waals surface area contributed by atoms with Crippen LogP contribution in [-0.2, 0) is 14.3 Å². The fourth-order valence-corrected chi connectivity index (χ4v) is 2.49. The molecule has 0 radical (unpaired) electrons. The average Bonchev–Trinajstić information content (AvgIpc) is 2.89. The van der Waals surface area contributed by atoms with Crippen LogP contribution in [0.25, 0.3) is 0 Å². The van der Waals surface area contributed by atoms with E-state index in [2.05, 4.69) is 0 Å². The SMILES string of the molecule is N=C1OC(CN)CN1c1ccc(N2CCOCC2=O)cc1. The molecule has 0 bridgehead atoms. The van der Waals surface area contributed by atoms with E-state index < -0.39 is 0 Å². The summed E-state index contributed by atoms with van der Waals surface area (Å²) in [5, 5.41) is 7.83. The number of morpholine rings is 1. The molecule has 0 saturated carbocycles. The lowest BCUT2D eigenvalue weighted by molar-refractivity contribution is -0.125. The summed E-state index contributed by atoms with van der Waals surface area (Å²) in [6.45, 7) is 2.21. The van der Waals surface area contributed by atoms with Gasteiger partial charge in [0.25, 0.3) is 11.9 Å². The van der Waals surface area contributed by atoms with E-state index in [1.54, 1.807) is 9.80 Å². The number of benzene rings is 1. The van der Waals surface area contributed by atoms with Crippen molar-refractivity contribution < 1.29 is 14.3 Å². The fourth-order valence-electron chi connectivity index (χ4n) is 2.49. The molecule has 21 heavy (non-hydrogen) atoms. The van der Waals surface area contributed by atoms with Crippen molar-refractivity contribution in [1.82, 2.24) is 0 Å².